The Bertz CT molecular complexity index is 1320. The monoisotopic (exact) mass is 441 g/mol. The van der Waals surface area contributed by atoms with E-state index < -0.39 is 0 Å². The topological polar surface area (TPSA) is 60.7 Å². The number of carbonyl (C=O) groups is 1. The zero-order valence-corrected chi connectivity index (χ0v) is 19.3. The minimum atomic E-state index is -0.228. The maximum absolute atomic E-state index is 12.7. The molecule has 5 nitrogen and oxygen atoms in total. The van der Waals surface area contributed by atoms with Crippen LogP contribution < -0.4 is 14.8 Å². The van der Waals surface area contributed by atoms with Crippen LogP contribution >= 0.6 is 0 Å². The minimum Gasteiger partial charge on any atom is -0.497 e. The number of ether oxygens (including phenoxy) is 2. The molecule has 168 valence electrons. The Balaban J connectivity index is 1.70. The molecule has 0 aliphatic rings. The van der Waals surface area contributed by atoms with Gasteiger partial charge in [-0.15, -0.1) is 0 Å². The highest BCUT2D eigenvalue weighted by atomic mass is 16.5. The lowest BCUT2D eigenvalue weighted by Crippen LogP contribution is -2.08. The SMILES string of the molecule is CCOc1cc2occ(-c3ccc(C)cc3)c2cc1/C(C)=C/C(=O)Nc1cccc(OC)c1. The lowest BCUT2D eigenvalue weighted by Gasteiger charge is -2.12. The average Bonchev–Trinajstić information content (AvgIpc) is 3.22. The van der Waals surface area contributed by atoms with E-state index >= 15 is 0 Å². The summed E-state index contributed by atoms with van der Waals surface area (Å²) in [5.74, 6) is 1.13. The summed E-state index contributed by atoms with van der Waals surface area (Å²) in [5.41, 5.74) is 6.32. The highest BCUT2D eigenvalue weighted by Gasteiger charge is 2.15. The van der Waals surface area contributed by atoms with Gasteiger partial charge in [0.2, 0.25) is 5.91 Å². The van der Waals surface area contributed by atoms with E-state index in [0.717, 1.165) is 33.2 Å². The maximum atomic E-state index is 12.7. The fraction of sp³-hybridized carbons (Fsp3) is 0.179. The summed E-state index contributed by atoms with van der Waals surface area (Å²) in [4.78, 5) is 12.7. The van der Waals surface area contributed by atoms with Crippen LogP contribution in [0.3, 0.4) is 0 Å². The molecule has 0 aliphatic heterocycles. The zero-order valence-electron chi connectivity index (χ0n) is 19.3. The van der Waals surface area contributed by atoms with Crippen LogP contribution in [0.25, 0.3) is 27.7 Å². The second-order valence-electron chi connectivity index (χ2n) is 7.84. The van der Waals surface area contributed by atoms with Gasteiger partial charge in [-0.25, -0.2) is 0 Å². The summed E-state index contributed by atoms with van der Waals surface area (Å²) in [6.07, 6.45) is 3.35. The van der Waals surface area contributed by atoms with E-state index in [1.54, 1.807) is 25.5 Å². The van der Waals surface area contributed by atoms with Crippen molar-refractivity contribution >= 4 is 28.1 Å². The van der Waals surface area contributed by atoms with Gasteiger partial charge < -0.3 is 19.2 Å². The molecule has 1 N–H and O–H groups in total. The van der Waals surface area contributed by atoms with Crippen molar-refractivity contribution in [3.8, 4) is 22.6 Å². The summed E-state index contributed by atoms with van der Waals surface area (Å²) >= 11 is 0. The number of allylic oxidation sites excluding steroid dienone is 1. The number of aryl methyl sites for hydroxylation is 1. The molecule has 1 amide bonds. The molecule has 0 bridgehead atoms. The molecule has 1 heterocycles. The number of hydrogen-bond donors (Lipinski definition) is 1. The van der Waals surface area contributed by atoms with Crippen molar-refractivity contribution in [2.75, 3.05) is 19.0 Å². The van der Waals surface area contributed by atoms with Crippen molar-refractivity contribution in [3.05, 3.63) is 84.1 Å². The van der Waals surface area contributed by atoms with Crippen molar-refractivity contribution < 1.29 is 18.7 Å². The fourth-order valence-electron chi connectivity index (χ4n) is 3.75. The number of methoxy groups -OCH3 is 1. The summed E-state index contributed by atoms with van der Waals surface area (Å²) < 4.78 is 16.9. The second kappa shape index (κ2) is 9.65. The summed E-state index contributed by atoms with van der Waals surface area (Å²) in [7, 11) is 1.59. The molecular formula is C28H27NO4. The van der Waals surface area contributed by atoms with E-state index in [-0.39, 0.29) is 5.91 Å². The van der Waals surface area contributed by atoms with Gasteiger partial charge in [-0.05, 0) is 50.1 Å². The smallest absolute Gasteiger partial charge is 0.248 e. The second-order valence-corrected chi connectivity index (χ2v) is 7.84. The molecule has 5 heteroatoms. The molecule has 0 fully saturated rings. The van der Waals surface area contributed by atoms with E-state index in [0.29, 0.717) is 23.8 Å². The first-order valence-electron chi connectivity index (χ1n) is 10.9. The normalized spacial score (nSPS) is 11.5. The largest absolute Gasteiger partial charge is 0.497 e. The van der Waals surface area contributed by atoms with Gasteiger partial charge in [0.15, 0.2) is 0 Å². The van der Waals surface area contributed by atoms with E-state index in [2.05, 4.69) is 36.5 Å². The number of amides is 1. The van der Waals surface area contributed by atoms with Gasteiger partial charge >= 0.3 is 0 Å². The number of anilines is 1. The van der Waals surface area contributed by atoms with Crippen molar-refractivity contribution in [2.45, 2.75) is 20.8 Å². The molecular weight excluding hydrogens is 414 g/mol. The Morgan fingerprint density at radius 1 is 1.09 bits per heavy atom. The highest BCUT2D eigenvalue weighted by Crippen LogP contribution is 2.37. The molecule has 0 unspecified atom stereocenters. The third kappa shape index (κ3) is 4.93. The first-order valence-corrected chi connectivity index (χ1v) is 10.9. The van der Waals surface area contributed by atoms with E-state index in [1.165, 1.54) is 5.56 Å². The summed E-state index contributed by atoms with van der Waals surface area (Å²) in [5, 5.41) is 3.86. The predicted molar refractivity (Wildman–Crippen MR) is 133 cm³/mol. The van der Waals surface area contributed by atoms with Crippen LogP contribution in [-0.4, -0.2) is 19.6 Å². The zero-order chi connectivity index (χ0) is 23.4. The average molecular weight is 442 g/mol. The highest BCUT2D eigenvalue weighted by molar-refractivity contribution is 6.05. The molecule has 33 heavy (non-hydrogen) atoms. The Labute approximate surface area is 193 Å². The van der Waals surface area contributed by atoms with Crippen LogP contribution in [0.5, 0.6) is 11.5 Å². The van der Waals surface area contributed by atoms with Crippen LogP contribution in [0.2, 0.25) is 0 Å². The molecule has 0 saturated carbocycles. The maximum Gasteiger partial charge on any atom is 0.248 e. The minimum absolute atomic E-state index is 0.228. The molecule has 0 saturated heterocycles. The van der Waals surface area contributed by atoms with Gasteiger partial charge in [0, 0.05) is 40.4 Å². The molecule has 0 spiro atoms. The van der Waals surface area contributed by atoms with Gasteiger partial charge in [0.25, 0.3) is 0 Å². The van der Waals surface area contributed by atoms with E-state index in [9.17, 15) is 4.79 Å². The number of hydrogen-bond acceptors (Lipinski definition) is 4. The van der Waals surface area contributed by atoms with Gasteiger partial charge in [0.05, 0.1) is 20.0 Å². The third-order valence-corrected chi connectivity index (χ3v) is 5.45. The lowest BCUT2D eigenvalue weighted by atomic mass is 9.98. The standard InChI is InChI=1S/C28H27NO4/c1-5-32-26-16-27-24(25(17-33-27)20-11-9-18(2)10-12-20)15-23(26)19(3)13-28(30)29-21-7-6-8-22(14-21)31-4/h6-17H,5H2,1-4H3,(H,29,30)/b19-13+. The molecule has 0 aliphatic carbocycles. The van der Waals surface area contributed by atoms with Gasteiger partial charge in [-0.2, -0.15) is 0 Å². The predicted octanol–water partition coefficient (Wildman–Crippen LogP) is 6.86. The van der Waals surface area contributed by atoms with Crippen LogP contribution in [0.15, 0.2) is 77.4 Å². The molecule has 0 radical (unpaired) electrons. The van der Waals surface area contributed by atoms with E-state index in [1.807, 2.05) is 44.2 Å². The van der Waals surface area contributed by atoms with Crippen molar-refractivity contribution in [1.82, 2.24) is 0 Å². The molecule has 4 rings (SSSR count). The van der Waals surface area contributed by atoms with Crippen molar-refractivity contribution in [2.24, 2.45) is 0 Å². The van der Waals surface area contributed by atoms with Gasteiger partial charge in [-0.3, -0.25) is 4.79 Å². The van der Waals surface area contributed by atoms with Crippen molar-refractivity contribution in [3.63, 3.8) is 0 Å². The fourth-order valence-corrected chi connectivity index (χ4v) is 3.75. The Kier molecular flexibility index (Phi) is 6.50. The molecule has 1 aromatic heterocycles. The first-order chi connectivity index (χ1) is 16.0. The summed E-state index contributed by atoms with van der Waals surface area (Å²) in [6.45, 7) is 6.41. The number of furan rings is 1. The number of nitrogens with one attached hydrogen (secondary N) is 1. The quantitative estimate of drug-likeness (QED) is 0.318. The number of carbonyl (C=O) groups excluding carboxylic acids is 1. The van der Waals surface area contributed by atoms with Crippen LogP contribution in [0.4, 0.5) is 5.69 Å². The number of rotatable bonds is 7. The third-order valence-electron chi connectivity index (χ3n) is 5.45. The lowest BCUT2D eigenvalue weighted by molar-refractivity contribution is -0.111. The molecule has 0 atom stereocenters. The Hall–Kier alpha value is -3.99. The van der Waals surface area contributed by atoms with Crippen LogP contribution in [0.1, 0.15) is 25.0 Å². The van der Waals surface area contributed by atoms with Crippen LogP contribution in [-0.2, 0) is 4.79 Å². The Morgan fingerprint density at radius 2 is 1.88 bits per heavy atom. The number of benzene rings is 3. The molecule has 3 aromatic carbocycles. The van der Waals surface area contributed by atoms with E-state index in [4.69, 9.17) is 13.9 Å². The van der Waals surface area contributed by atoms with Gasteiger partial charge in [0.1, 0.15) is 17.1 Å². The van der Waals surface area contributed by atoms with Gasteiger partial charge in [-0.1, -0.05) is 35.9 Å². The first kappa shape index (κ1) is 22.2. The summed E-state index contributed by atoms with van der Waals surface area (Å²) in [6, 6.07) is 19.5. The van der Waals surface area contributed by atoms with Crippen LogP contribution in [0, 0.1) is 6.92 Å². The number of fused-ring (bicyclic) bond motifs is 1. The molecule has 4 aromatic rings. The van der Waals surface area contributed by atoms with Crippen molar-refractivity contribution in [1.29, 1.82) is 0 Å². The Morgan fingerprint density at radius 3 is 2.61 bits per heavy atom.